The number of aryl methyl sites for hydroxylation is 1. The second-order valence-corrected chi connectivity index (χ2v) is 6.40. The number of rotatable bonds is 5. The van der Waals surface area contributed by atoms with Crippen LogP contribution in [0.3, 0.4) is 0 Å². The Hall–Kier alpha value is -1.46. The van der Waals surface area contributed by atoms with Crippen molar-refractivity contribution < 1.29 is 14.3 Å². The third-order valence-corrected chi connectivity index (χ3v) is 4.60. The number of ether oxygens (including phenoxy) is 2. The van der Waals surface area contributed by atoms with Crippen LogP contribution >= 0.6 is 12.4 Å². The predicted octanol–water partition coefficient (Wildman–Crippen LogP) is 2.78. The first-order valence-corrected chi connectivity index (χ1v) is 8.16. The van der Waals surface area contributed by atoms with Crippen LogP contribution in [0.15, 0.2) is 12.1 Å². The molecule has 1 heterocycles. The number of nitrogens with one attached hydrogen (secondary N) is 1. The number of nitrogens with zero attached hydrogens (tertiary/aromatic N) is 1. The smallest absolute Gasteiger partial charge is 0.225 e. The summed E-state index contributed by atoms with van der Waals surface area (Å²) in [5.74, 6) is 1.77. The Labute approximate surface area is 151 Å². The van der Waals surface area contributed by atoms with Crippen LogP contribution in [0.1, 0.15) is 30.9 Å². The summed E-state index contributed by atoms with van der Waals surface area (Å²) in [6.07, 6.45) is 1.83. The first kappa shape index (κ1) is 20.6. The Morgan fingerprint density at radius 3 is 2.50 bits per heavy atom. The molecule has 0 saturated carbocycles. The maximum absolute atomic E-state index is 12.7. The number of benzene rings is 1. The minimum Gasteiger partial charge on any atom is -0.493 e. The zero-order valence-electron chi connectivity index (χ0n) is 15.2. The van der Waals surface area contributed by atoms with Gasteiger partial charge in [-0.1, -0.05) is 0 Å². The molecule has 0 spiro atoms. The van der Waals surface area contributed by atoms with E-state index in [0.29, 0.717) is 18.3 Å². The van der Waals surface area contributed by atoms with Crippen molar-refractivity contribution >= 4 is 18.3 Å². The molecule has 2 rings (SSSR count). The van der Waals surface area contributed by atoms with Crippen molar-refractivity contribution in [1.29, 1.82) is 0 Å². The molecule has 0 aromatic heterocycles. The number of amides is 1. The normalized spacial score (nSPS) is 20.0. The van der Waals surface area contributed by atoms with Crippen LogP contribution in [0.5, 0.6) is 11.5 Å². The van der Waals surface area contributed by atoms with E-state index in [0.717, 1.165) is 36.3 Å². The van der Waals surface area contributed by atoms with Crippen LogP contribution in [0.25, 0.3) is 0 Å². The Balaban J connectivity index is 0.00000288. The van der Waals surface area contributed by atoms with Crippen LogP contribution in [0, 0.1) is 12.8 Å². The van der Waals surface area contributed by atoms with E-state index in [1.165, 1.54) is 0 Å². The number of carbonyl (C=O) groups excluding carboxylic acids is 1. The van der Waals surface area contributed by atoms with E-state index in [4.69, 9.17) is 9.47 Å². The van der Waals surface area contributed by atoms with E-state index in [1.54, 1.807) is 14.2 Å². The summed E-state index contributed by atoms with van der Waals surface area (Å²) in [5, 5.41) is 3.39. The van der Waals surface area contributed by atoms with Crippen molar-refractivity contribution in [2.45, 2.75) is 39.3 Å². The molecular weight excluding hydrogens is 328 g/mol. The van der Waals surface area contributed by atoms with Crippen LogP contribution in [-0.4, -0.2) is 44.7 Å². The summed E-state index contributed by atoms with van der Waals surface area (Å²) >= 11 is 0. The molecule has 0 radical (unpaired) electrons. The summed E-state index contributed by atoms with van der Waals surface area (Å²) < 4.78 is 10.7. The molecule has 1 aliphatic rings. The molecule has 2 atom stereocenters. The highest BCUT2D eigenvalue weighted by Gasteiger charge is 2.27. The van der Waals surface area contributed by atoms with E-state index in [1.807, 2.05) is 31.0 Å². The van der Waals surface area contributed by atoms with Crippen LogP contribution in [0.2, 0.25) is 0 Å². The summed E-state index contributed by atoms with van der Waals surface area (Å²) in [4.78, 5) is 14.5. The van der Waals surface area contributed by atoms with Gasteiger partial charge in [-0.3, -0.25) is 4.79 Å². The molecule has 1 N–H and O–H groups in total. The van der Waals surface area contributed by atoms with Gasteiger partial charge >= 0.3 is 0 Å². The Bertz CT molecular complexity index is 565. The van der Waals surface area contributed by atoms with Crippen molar-refractivity contribution in [1.82, 2.24) is 10.2 Å². The van der Waals surface area contributed by atoms with E-state index < -0.39 is 0 Å². The molecule has 136 valence electrons. The average molecular weight is 357 g/mol. The molecule has 0 bridgehead atoms. The first-order valence-electron chi connectivity index (χ1n) is 8.16. The second kappa shape index (κ2) is 9.14. The van der Waals surface area contributed by atoms with E-state index >= 15 is 0 Å². The molecule has 1 fully saturated rings. The third-order valence-electron chi connectivity index (χ3n) is 4.60. The van der Waals surface area contributed by atoms with Crippen molar-refractivity contribution in [2.75, 3.05) is 27.8 Å². The highest BCUT2D eigenvalue weighted by molar-refractivity contribution is 5.85. The van der Waals surface area contributed by atoms with Gasteiger partial charge in [0.1, 0.15) is 0 Å². The Morgan fingerprint density at radius 2 is 1.92 bits per heavy atom. The standard InChI is InChI=1S/C18H28N2O3.ClH/c1-12-8-16(22-4)17(23-5)10-15(12)11-20(3)18(21)14-6-7-19-13(2)9-14;/h8,10,13-14,19H,6-7,9,11H2,1-5H3;1H/t13-,14-;/m0./s1. The van der Waals surface area contributed by atoms with Gasteiger partial charge in [-0.2, -0.15) is 0 Å². The minimum absolute atomic E-state index is 0. The highest BCUT2D eigenvalue weighted by atomic mass is 35.5. The molecule has 1 aromatic carbocycles. The summed E-state index contributed by atoms with van der Waals surface area (Å²) in [7, 11) is 5.14. The molecule has 1 amide bonds. The average Bonchev–Trinajstić information content (AvgIpc) is 2.55. The van der Waals surface area contributed by atoms with Gasteiger partial charge in [0.15, 0.2) is 11.5 Å². The minimum atomic E-state index is 0. The number of carbonyl (C=O) groups is 1. The lowest BCUT2D eigenvalue weighted by molar-refractivity contribution is -0.135. The Morgan fingerprint density at radius 1 is 1.29 bits per heavy atom. The topological polar surface area (TPSA) is 50.8 Å². The lowest BCUT2D eigenvalue weighted by atomic mass is 9.92. The predicted molar refractivity (Wildman–Crippen MR) is 98.2 cm³/mol. The van der Waals surface area contributed by atoms with Gasteiger partial charge in [0.2, 0.25) is 5.91 Å². The van der Waals surface area contributed by atoms with Crippen molar-refractivity contribution in [3.63, 3.8) is 0 Å². The molecule has 0 unspecified atom stereocenters. The second-order valence-electron chi connectivity index (χ2n) is 6.40. The molecule has 6 heteroatoms. The van der Waals surface area contributed by atoms with Crippen molar-refractivity contribution in [3.8, 4) is 11.5 Å². The fourth-order valence-corrected chi connectivity index (χ4v) is 3.19. The van der Waals surface area contributed by atoms with Crippen LogP contribution in [-0.2, 0) is 11.3 Å². The van der Waals surface area contributed by atoms with Crippen molar-refractivity contribution in [2.24, 2.45) is 5.92 Å². The zero-order chi connectivity index (χ0) is 17.0. The third kappa shape index (κ3) is 4.77. The largest absolute Gasteiger partial charge is 0.493 e. The number of piperidine rings is 1. The molecule has 1 aliphatic heterocycles. The zero-order valence-corrected chi connectivity index (χ0v) is 16.0. The lowest BCUT2D eigenvalue weighted by Gasteiger charge is -2.30. The quantitative estimate of drug-likeness (QED) is 0.881. The van der Waals surface area contributed by atoms with Crippen LogP contribution in [0.4, 0.5) is 0 Å². The van der Waals surface area contributed by atoms with E-state index in [-0.39, 0.29) is 24.2 Å². The first-order chi connectivity index (χ1) is 11.0. The molecular formula is C18H29ClN2O3. The summed E-state index contributed by atoms with van der Waals surface area (Å²) in [6.45, 7) is 5.67. The number of halogens is 1. The molecule has 5 nitrogen and oxygen atoms in total. The van der Waals surface area contributed by atoms with E-state index in [2.05, 4.69) is 12.2 Å². The summed E-state index contributed by atoms with van der Waals surface area (Å²) in [5.41, 5.74) is 2.18. The Kier molecular flexibility index (Phi) is 7.84. The fourth-order valence-electron chi connectivity index (χ4n) is 3.19. The van der Waals surface area contributed by atoms with Gasteiger partial charge in [0, 0.05) is 25.6 Å². The number of hydrogen-bond donors (Lipinski definition) is 1. The van der Waals surface area contributed by atoms with Gasteiger partial charge in [0.05, 0.1) is 14.2 Å². The number of methoxy groups -OCH3 is 2. The van der Waals surface area contributed by atoms with Gasteiger partial charge in [-0.25, -0.2) is 0 Å². The lowest BCUT2D eigenvalue weighted by Crippen LogP contribution is -2.42. The monoisotopic (exact) mass is 356 g/mol. The molecule has 1 saturated heterocycles. The van der Waals surface area contributed by atoms with Gasteiger partial charge < -0.3 is 19.7 Å². The van der Waals surface area contributed by atoms with Gasteiger partial charge in [-0.05, 0) is 56.5 Å². The molecule has 24 heavy (non-hydrogen) atoms. The maximum Gasteiger partial charge on any atom is 0.225 e. The molecule has 0 aliphatic carbocycles. The summed E-state index contributed by atoms with van der Waals surface area (Å²) in [6, 6.07) is 4.33. The molecule has 1 aromatic rings. The fraction of sp³-hybridized carbons (Fsp3) is 0.611. The maximum atomic E-state index is 12.7. The van der Waals surface area contributed by atoms with Gasteiger partial charge in [0.25, 0.3) is 0 Å². The van der Waals surface area contributed by atoms with Gasteiger partial charge in [-0.15, -0.1) is 12.4 Å². The highest BCUT2D eigenvalue weighted by Crippen LogP contribution is 2.31. The van der Waals surface area contributed by atoms with Crippen molar-refractivity contribution in [3.05, 3.63) is 23.3 Å². The van der Waals surface area contributed by atoms with E-state index in [9.17, 15) is 4.79 Å². The SMILES string of the molecule is COc1cc(C)c(CN(C)C(=O)[C@H]2CCN[C@@H](C)C2)cc1OC.Cl. The van der Waals surface area contributed by atoms with Crippen LogP contribution < -0.4 is 14.8 Å². The number of hydrogen-bond acceptors (Lipinski definition) is 4.